The molecule has 44 heavy (non-hydrogen) atoms. The number of aromatic nitrogens is 2. The highest BCUT2D eigenvalue weighted by Gasteiger charge is 2.17. The second kappa shape index (κ2) is 10.0. The van der Waals surface area contributed by atoms with Crippen LogP contribution in [0.15, 0.2) is 158 Å². The van der Waals surface area contributed by atoms with E-state index in [1.807, 2.05) is 11.3 Å². The molecule has 0 aliphatic heterocycles. The molecule has 0 atom stereocenters. The average molecular weight is 579 g/mol. The van der Waals surface area contributed by atoms with Gasteiger partial charge in [0.25, 0.3) is 0 Å². The zero-order chi connectivity index (χ0) is 29.0. The van der Waals surface area contributed by atoms with Gasteiger partial charge in [-0.15, -0.1) is 11.3 Å². The van der Waals surface area contributed by atoms with Crippen LogP contribution in [0.1, 0.15) is 0 Å². The maximum atomic E-state index is 5.36. The Hall–Kier alpha value is -5.51. The first-order valence-electron chi connectivity index (χ1n) is 14.9. The van der Waals surface area contributed by atoms with Crippen LogP contribution in [-0.4, -0.2) is 9.55 Å². The standard InChI is InChI=1S/C41H26N2S/c1-2-11-27(12-3-1)28-21-23-29(24-22-28)36-25-30(31-16-10-17-35-34-15-6-9-20-39(34)44-41(31)35)26-40(42-36)43-37-18-7-4-13-32(37)33-14-5-8-19-38(33)43/h1-26H. The van der Waals surface area contributed by atoms with Crippen LogP contribution >= 0.6 is 11.3 Å². The summed E-state index contributed by atoms with van der Waals surface area (Å²) in [6, 6.07) is 56.5. The number of thiophene rings is 1. The summed E-state index contributed by atoms with van der Waals surface area (Å²) in [5.41, 5.74) is 9.17. The van der Waals surface area contributed by atoms with Gasteiger partial charge >= 0.3 is 0 Å². The molecule has 2 nitrogen and oxygen atoms in total. The fraction of sp³-hybridized carbons (Fsp3) is 0. The summed E-state index contributed by atoms with van der Waals surface area (Å²) in [4.78, 5) is 5.36. The normalized spacial score (nSPS) is 11.6. The van der Waals surface area contributed by atoms with Crippen molar-refractivity contribution in [1.29, 1.82) is 0 Å². The molecule has 0 bridgehead atoms. The molecular weight excluding hydrogens is 553 g/mol. The Bertz CT molecular complexity index is 2430. The highest BCUT2D eigenvalue weighted by atomic mass is 32.1. The van der Waals surface area contributed by atoms with E-state index in [-0.39, 0.29) is 0 Å². The number of benzene rings is 6. The predicted octanol–water partition coefficient (Wildman–Crippen LogP) is 11.5. The third-order valence-corrected chi connectivity index (χ3v) is 9.84. The van der Waals surface area contributed by atoms with Gasteiger partial charge in [-0.25, -0.2) is 4.98 Å². The first kappa shape index (κ1) is 25.0. The SMILES string of the molecule is c1ccc(-c2ccc(-c3cc(-c4cccc5c4sc4ccccc45)cc(-n4c5ccccc5c5ccccc54)n3)cc2)cc1. The van der Waals surface area contributed by atoms with Gasteiger partial charge in [0.2, 0.25) is 0 Å². The first-order valence-corrected chi connectivity index (χ1v) is 15.7. The van der Waals surface area contributed by atoms with Crippen LogP contribution in [0.5, 0.6) is 0 Å². The Morgan fingerprint density at radius 3 is 1.77 bits per heavy atom. The summed E-state index contributed by atoms with van der Waals surface area (Å²) in [5, 5.41) is 5.07. The monoisotopic (exact) mass is 578 g/mol. The van der Waals surface area contributed by atoms with Crippen molar-refractivity contribution in [1.82, 2.24) is 9.55 Å². The Balaban J connectivity index is 1.31. The van der Waals surface area contributed by atoms with Crippen LogP contribution < -0.4 is 0 Å². The van der Waals surface area contributed by atoms with Crippen molar-refractivity contribution in [2.45, 2.75) is 0 Å². The van der Waals surface area contributed by atoms with Gasteiger partial charge in [0, 0.05) is 36.5 Å². The number of fused-ring (bicyclic) bond motifs is 6. The fourth-order valence-electron chi connectivity index (χ4n) is 6.54. The van der Waals surface area contributed by atoms with Crippen molar-refractivity contribution in [3.8, 4) is 39.3 Å². The maximum Gasteiger partial charge on any atom is 0.138 e. The van der Waals surface area contributed by atoms with Crippen molar-refractivity contribution in [3.05, 3.63) is 158 Å². The summed E-state index contributed by atoms with van der Waals surface area (Å²) >= 11 is 1.87. The zero-order valence-corrected chi connectivity index (χ0v) is 24.6. The Morgan fingerprint density at radius 1 is 0.432 bits per heavy atom. The number of rotatable bonds is 4. The zero-order valence-electron chi connectivity index (χ0n) is 23.8. The van der Waals surface area contributed by atoms with Gasteiger partial charge in [-0.05, 0) is 52.6 Å². The number of pyridine rings is 1. The van der Waals surface area contributed by atoms with E-state index >= 15 is 0 Å². The molecule has 0 aliphatic carbocycles. The third kappa shape index (κ3) is 3.98. The van der Waals surface area contributed by atoms with E-state index < -0.39 is 0 Å². The molecule has 0 spiro atoms. The molecule has 9 rings (SSSR count). The number of hydrogen-bond acceptors (Lipinski definition) is 2. The molecule has 0 radical (unpaired) electrons. The number of nitrogens with zero attached hydrogens (tertiary/aromatic N) is 2. The van der Waals surface area contributed by atoms with E-state index in [1.54, 1.807) is 0 Å². The van der Waals surface area contributed by atoms with Crippen LogP contribution in [0.4, 0.5) is 0 Å². The van der Waals surface area contributed by atoms with E-state index in [0.717, 1.165) is 33.7 Å². The lowest BCUT2D eigenvalue weighted by molar-refractivity contribution is 1.08. The Kier molecular flexibility index (Phi) is 5.71. The van der Waals surface area contributed by atoms with E-state index in [0.29, 0.717) is 0 Å². The molecule has 6 aromatic carbocycles. The smallest absolute Gasteiger partial charge is 0.138 e. The van der Waals surface area contributed by atoms with E-state index in [9.17, 15) is 0 Å². The van der Waals surface area contributed by atoms with Crippen molar-refractivity contribution in [3.63, 3.8) is 0 Å². The lowest BCUT2D eigenvalue weighted by Crippen LogP contribution is -2.00. The molecule has 206 valence electrons. The maximum absolute atomic E-state index is 5.36. The average Bonchev–Trinajstić information content (AvgIpc) is 3.65. The molecule has 0 aliphatic rings. The van der Waals surface area contributed by atoms with Gasteiger partial charge in [0.1, 0.15) is 5.82 Å². The van der Waals surface area contributed by atoms with Gasteiger partial charge in [0.05, 0.1) is 16.7 Å². The summed E-state index contributed by atoms with van der Waals surface area (Å²) in [6.45, 7) is 0. The van der Waals surface area contributed by atoms with Gasteiger partial charge < -0.3 is 0 Å². The minimum absolute atomic E-state index is 0.917. The van der Waals surface area contributed by atoms with Crippen molar-refractivity contribution >= 4 is 53.3 Å². The first-order chi connectivity index (χ1) is 21.8. The second-order valence-corrected chi connectivity index (χ2v) is 12.2. The van der Waals surface area contributed by atoms with Crippen molar-refractivity contribution in [2.24, 2.45) is 0 Å². The van der Waals surface area contributed by atoms with Crippen LogP contribution in [0.2, 0.25) is 0 Å². The highest BCUT2D eigenvalue weighted by molar-refractivity contribution is 7.26. The fourth-order valence-corrected chi connectivity index (χ4v) is 7.78. The molecule has 0 saturated carbocycles. The molecular formula is C41H26N2S. The number of para-hydroxylation sites is 2. The minimum atomic E-state index is 0.917. The third-order valence-electron chi connectivity index (χ3n) is 8.62. The van der Waals surface area contributed by atoms with Crippen LogP contribution in [0.25, 0.3) is 81.3 Å². The minimum Gasteiger partial charge on any atom is -0.294 e. The molecule has 0 unspecified atom stereocenters. The van der Waals surface area contributed by atoms with Gasteiger partial charge in [-0.2, -0.15) is 0 Å². The van der Waals surface area contributed by atoms with E-state index in [4.69, 9.17) is 4.98 Å². The summed E-state index contributed by atoms with van der Waals surface area (Å²) in [5.74, 6) is 0.917. The molecule has 0 fully saturated rings. The van der Waals surface area contributed by atoms with Crippen molar-refractivity contribution < 1.29 is 0 Å². The summed E-state index contributed by atoms with van der Waals surface area (Å²) in [6.07, 6.45) is 0. The molecule has 3 heterocycles. The number of hydrogen-bond donors (Lipinski definition) is 0. The van der Waals surface area contributed by atoms with Crippen LogP contribution in [0, 0.1) is 0 Å². The van der Waals surface area contributed by atoms with Gasteiger partial charge in [-0.3, -0.25) is 4.57 Å². The summed E-state index contributed by atoms with van der Waals surface area (Å²) < 4.78 is 4.93. The topological polar surface area (TPSA) is 17.8 Å². The Labute approximate surface area is 259 Å². The van der Waals surface area contributed by atoms with Crippen molar-refractivity contribution in [2.75, 3.05) is 0 Å². The lowest BCUT2D eigenvalue weighted by Gasteiger charge is -2.14. The van der Waals surface area contributed by atoms with Crippen LogP contribution in [-0.2, 0) is 0 Å². The van der Waals surface area contributed by atoms with E-state index in [2.05, 4.69) is 162 Å². The van der Waals surface area contributed by atoms with Crippen LogP contribution in [0.3, 0.4) is 0 Å². The molecule has 3 aromatic heterocycles. The molecule has 3 heteroatoms. The second-order valence-electron chi connectivity index (χ2n) is 11.2. The lowest BCUT2D eigenvalue weighted by atomic mass is 9.99. The van der Waals surface area contributed by atoms with Gasteiger partial charge in [-0.1, -0.05) is 127 Å². The molecule has 9 aromatic rings. The largest absolute Gasteiger partial charge is 0.294 e. The quantitative estimate of drug-likeness (QED) is 0.203. The summed E-state index contributed by atoms with van der Waals surface area (Å²) in [7, 11) is 0. The molecule has 0 N–H and O–H groups in total. The van der Waals surface area contributed by atoms with Gasteiger partial charge in [0.15, 0.2) is 0 Å². The molecule has 0 saturated heterocycles. The van der Waals surface area contributed by atoms with E-state index in [1.165, 1.54) is 47.6 Å². The highest BCUT2D eigenvalue weighted by Crippen LogP contribution is 2.41. The Morgan fingerprint density at radius 2 is 1.02 bits per heavy atom. The molecule has 0 amide bonds. The predicted molar refractivity (Wildman–Crippen MR) is 188 cm³/mol.